The first-order valence-corrected chi connectivity index (χ1v) is 15.2. The van der Waals surface area contributed by atoms with Crippen molar-refractivity contribution in [2.45, 2.75) is 52.1 Å². The van der Waals surface area contributed by atoms with Crippen molar-refractivity contribution in [2.24, 2.45) is 5.73 Å². The first-order chi connectivity index (χ1) is 20.8. The van der Waals surface area contributed by atoms with Gasteiger partial charge in [-0.3, -0.25) is 9.59 Å². The molecule has 0 fully saturated rings. The zero-order chi connectivity index (χ0) is 30.5. The predicted molar refractivity (Wildman–Crippen MR) is 168 cm³/mol. The summed E-state index contributed by atoms with van der Waals surface area (Å²) in [5, 5.41) is 18.1. The van der Waals surface area contributed by atoms with E-state index in [-0.39, 0.29) is 28.6 Å². The highest BCUT2D eigenvalue weighted by Crippen LogP contribution is 2.43. The molecule has 0 bridgehead atoms. The van der Waals surface area contributed by atoms with E-state index < -0.39 is 17.8 Å². The Hall–Kier alpha value is -4.54. The van der Waals surface area contributed by atoms with Gasteiger partial charge in [0.25, 0.3) is 11.8 Å². The number of benzene rings is 2. The van der Waals surface area contributed by atoms with E-state index in [9.17, 15) is 19.5 Å². The van der Waals surface area contributed by atoms with Crippen LogP contribution in [0.5, 0.6) is 5.75 Å². The number of amides is 2. The maximum absolute atomic E-state index is 13.9. The van der Waals surface area contributed by atoms with Gasteiger partial charge in [0.15, 0.2) is 5.69 Å². The summed E-state index contributed by atoms with van der Waals surface area (Å²) in [6.07, 6.45) is 3.17. The number of aromatic nitrogens is 1. The fourth-order valence-corrected chi connectivity index (χ4v) is 6.18. The van der Waals surface area contributed by atoms with Gasteiger partial charge in [-0.15, -0.1) is 11.3 Å². The van der Waals surface area contributed by atoms with Gasteiger partial charge in [0.1, 0.15) is 11.4 Å². The Balaban J connectivity index is 1.61. The molecule has 10 heteroatoms. The molecule has 4 aromatic rings. The molecule has 0 saturated heterocycles. The molecule has 222 valence electrons. The molecule has 5 N–H and O–H groups in total. The van der Waals surface area contributed by atoms with Crippen molar-refractivity contribution < 1.29 is 24.2 Å². The number of carbonyl (C=O) groups excluding carboxylic acids is 2. The Morgan fingerprint density at radius 1 is 1.02 bits per heavy atom. The van der Waals surface area contributed by atoms with Crippen LogP contribution in [0.15, 0.2) is 60.0 Å². The summed E-state index contributed by atoms with van der Waals surface area (Å²) in [7, 11) is 0. The number of nitrogens with two attached hydrogens (primary N) is 1. The lowest BCUT2D eigenvalue weighted by atomic mass is 9.93. The van der Waals surface area contributed by atoms with Crippen LogP contribution in [0.25, 0.3) is 21.6 Å². The molecule has 1 aliphatic rings. The number of fused-ring (bicyclic) bond motifs is 3. The number of thiophene rings is 1. The summed E-state index contributed by atoms with van der Waals surface area (Å²) in [6.45, 7) is 4.84. The number of ether oxygens (including phenoxy) is 1. The van der Waals surface area contributed by atoms with Crippen molar-refractivity contribution in [3.8, 4) is 27.3 Å². The third kappa shape index (κ3) is 6.45. The van der Waals surface area contributed by atoms with E-state index >= 15 is 0 Å². The summed E-state index contributed by atoms with van der Waals surface area (Å²) in [6, 6.07) is 15.7. The lowest BCUT2D eigenvalue weighted by molar-refractivity contribution is 0.0691. The van der Waals surface area contributed by atoms with Gasteiger partial charge in [0.2, 0.25) is 0 Å². The predicted octanol–water partition coefficient (Wildman–Crippen LogP) is 6.13. The monoisotopic (exact) mass is 598 g/mol. The van der Waals surface area contributed by atoms with Gasteiger partial charge in [-0.05, 0) is 71.8 Å². The number of aromatic carboxylic acids is 1. The van der Waals surface area contributed by atoms with Crippen LogP contribution < -0.4 is 21.1 Å². The summed E-state index contributed by atoms with van der Waals surface area (Å²) >= 11 is 1.56. The lowest BCUT2D eigenvalue weighted by Crippen LogP contribution is -2.35. The minimum atomic E-state index is -1.31. The first kappa shape index (κ1) is 29.9. The van der Waals surface area contributed by atoms with Crippen LogP contribution in [0.4, 0.5) is 5.69 Å². The molecule has 9 nitrogen and oxygen atoms in total. The van der Waals surface area contributed by atoms with Crippen molar-refractivity contribution in [2.75, 3.05) is 11.9 Å². The van der Waals surface area contributed by atoms with Crippen molar-refractivity contribution in [3.05, 3.63) is 88.1 Å². The van der Waals surface area contributed by atoms with Gasteiger partial charge in [-0.25, -0.2) is 9.78 Å². The quantitative estimate of drug-likeness (QED) is 0.172. The molecule has 3 heterocycles. The minimum absolute atomic E-state index is 0.00376. The van der Waals surface area contributed by atoms with E-state index in [0.717, 1.165) is 40.8 Å². The van der Waals surface area contributed by atoms with Crippen LogP contribution in [-0.2, 0) is 13.0 Å². The van der Waals surface area contributed by atoms with Crippen molar-refractivity contribution >= 4 is 34.8 Å². The SMILES string of the molecule is CCCC(CC)NC(=O)c1ccc(-c2cc3c(cc2C(=O)Nc2ccc(CN)cc2)-c2sccc2CCO3)c(C(=O)O)n1. The van der Waals surface area contributed by atoms with Crippen LogP contribution in [0, 0.1) is 0 Å². The van der Waals surface area contributed by atoms with Gasteiger partial charge >= 0.3 is 5.97 Å². The van der Waals surface area contributed by atoms with E-state index in [1.54, 1.807) is 35.6 Å². The zero-order valence-corrected chi connectivity index (χ0v) is 24.9. The second-order valence-electron chi connectivity index (χ2n) is 10.4. The molecular formula is C33H34N4O5S. The van der Waals surface area contributed by atoms with Crippen molar-refractivity contribution in [1.29, 1.82) is 0 Å². The number of carboxylic acids is 1. The fourth-order valence-electron chi connectivity index (χ4n) is 5.20. The maximum atomic E-state index is 13.9. The normalized spacial score (nSPS) is 12.7. The number of hydrogen-bond donors (Lipinski definition) is 4. The highest BCUT2D eigenvalue weighted by molar-refractivity contribution is 7.13. The number of hydrogen-bond acceptors (Lipinski definition) is 7. The Kier molecular flexibility index (Phi) is 9.18. The van der Waals surface area contributed by atoms with Crippen LogP contribution in [0.3, 0.4) is 0 Å². The number of anilines is 1. The molecule has 43 heavy (non-hydrogen) atoms. The van der Waals surface area contributed by atoms with E-state index in [1.165, 1.54) is 12.1 Å². The molecule has 0 radical (unpaired) electrons. The largest absolute Gasteiger partial charge is 0.493 e. The second-order valence-corrected chi connectivity index (χ2v) is 11.3. The Morgan fingerprint density at radius 3 is 2.51 bits per heavy atom. The number of carbonyl (C=O) groups is 3. The summed E-state index contributed by atoms with van der Waals surface area (Å²) in [5.41, 5.74) is 9.55. The Bertz CT molecular complexity index is 1660. The van der Waals surface area contributed by atoms with Gasteiger partial charge in [-0.1, -0.05) is 32.4 Å². The van der Waals surface area contributed by atoms with Crippen LogP contribution >= 0.6 is 11.3 Å². The molecule has 1 atom stereocenters. The van der Waals surface area contributed by atoms with E-state index in [2.05, 4.69) is 15.6 Å². The smallest absolute Gasteiger partial charge is 0.355 e. The van der Waals surface area contributed by atoms with Gasteiger partial charge in [0.05, 0.1) is 6.61 Å². The average molecular weight is 599 g/mol. The second kappa shape index (κ2) is 13.2. The lowest BCUT2D eigenvalue weighted by Gasteiger charge is -2.18. The maximum Gasteiger partial charge on any atom is 0.355 e. The summed E-state index contributed by atoms with van der Waals surface area (Å²) in [5.74, 6) is -1.64. The molecule has 2 aromatic carbocycles. The molecular weight excluding hydrogens is 564 g/mol. The number of pyridine rings is 1. The van der Waals surface area contributed by atoms with E-state index in [4.69, 9.17) is 10.5 Å². The molecule has 1 unspecified atom stereocenters. The number of carboxylic acid groups (broad SMARTS) is 1. The summed E-state index contributed by atoms with van der Waals surface area (Å²) < 4.78 is 6.10. The van der Waals surface area contributed by atoms with Gasteiger partial charge in [-0.2, -0.15) is 0 Å². The third-order valence-electron chi connectivity index (χ3n) is 7.52. The van der Waals surface area contributed by atoms with Crippen molar-refractivity contribution in [3.63, 3.8) is 0 Å². The first-order valence-electron chi connectivity index (χ1n) is 14.4. The molecule has 1 aliphatic heterocycles. The number of nitrogens with zero attached hydrogens (tertiary/aromatic N) is 1. The van der Waals surface area contributed by atoms with Crippen molar-refractivity contribution in [1.82, 2.24) is 10.3 Å². The summed E-state index contributed by atoms with van der Waals surface area (Å²) in [4.78, 5) is 44.6. The van der Waals surface area contributed by atoms with Crippen LogP contribution in [0.1, 0.15) is 75.6 Å². The minimum Gasteiger partial charge on any atom is -0.493 e. The van der Waals surface area contributed by atoms with Gasteiger partial charge < -0.3 is 26.2 Å². The highest BCUT2D eigenvalue weighted by atomic mass is 32.1. The Labute approximate surface area is 254 Å². The molecule has 0 aliphatic carbocycles. The van der Waals surface area contributed by atoms with E-state index in [1.807, 2.05) is 37.4 Å². The highest BCUT2D eigenvalue weighted by Gasteiger charge is 2.27. The van der Waals surface area contributed by atoms with E-state index in [0.29, 0.717) is 36.6 Å². The third-order valence-corrected chi connectivity index (χ3v) is 8.51. The zero-order valence-electron chi connectivity index (χ0n) is 24.1. The fraction of sp³-hybridized carbons (Fsp3) is 0.273. The molecule has 5 rings (SSSR count). The Morgan fingerprint density at radius 2 is 1.81 bits per heavy atom. The van der Waals surface area contributed by atoms with Crippen LogP contribution in [-0.4, -0.2) is 40.5 Å². The molecule has 0 spiro atoms. The molecule has 0 saturated carbocycles. The average Bonchev–Trinajstić information content (AvgIpc) is 3.41. The molecule has 2 amide bonds. The number of nitrogens with one attached hydrogen (secondary N) is 2. The van der Waals surface area contributed by atoms with Gasteiger partial charge in [0, 0.05) is 51.8 Å². The number of rotatable bonds is 10. The molecule has 2 aromatic heterocycles. The standard InChI is InChI=1S/C33H34N4O5S/c1-3-5-21(4-2)35-32(39)27-11-10-23(29(37-27)33(40)41)24-17-28-26(30-20(12-14-42-28)13-15-43-30)16-25(24)31(38)36-22-8-6-19(18-34)7-9-22/h6-11,13,15-17,21H,3-5,12,14,18,34H2,1-2H3,(H,35,39)(H,36,38)(H,40,41). The topological polar surface area (TPSA) is 144 Å². The van der Waals surface area contributed by atoms with Crippen LogP contribution in [0.2, 0.25) is 0 Å².